The van der Waals surface area contributed by atoms with Gasteiger partial charge in [0.2, 0.25) is 0 Å². The van der Waals surface area contributed by atoms with Crippen molar-refractivity contribution in [3.63, 3.8) is 0 Å². The molecule has 1 saturated carbocycles. The molecule has 2 rings (SSSR count). The van der Waals surface area contributed by atoms with E-state index in [1.807, 2.05) is 0 Å². The minimum absolute atomic E-state index is 0.194. The first-order valence-corrected chi connectivity index (χ1v) is 8.25. The minimum atomic E-state index is -0.194. The molecular formula is C17H25ClFN. The van der Waals surface area contributed by atoms with Crippen molar-refractivity contribution in [1.29, 1.82) is 0 Å². The van der Waals surface area contributed by atoms with E-state index in [1.165, 1.54) is 44.6 Å². The topological polar surface area (TPSA) is 12.0 Å². The van der Waals surface area contributed by atoms with Gasteiger partial charge >= 0.3 is 0 Å². The van der Waals surface area contributed by atoms with E-state index in [0.717, 1.165) is 18.5 Å². The number of nitrogens with one attached hydrogen (secondary N) is 1. The summed E-state index contributed by atoms with van der Waals surface area (Å²) in [6.45, 7) is 3.09. The van der Waals surface area contributed by atoms with Crippen LogP contribution in [0.1, 0.15) is 51.0 Å². The first kappa shape index (κ1) is 15.8. The van der Waals surface area contributed by atoms with Crippen molar-refractivity contribution < 1.29 is 4.39 Å². The fraction of sp³-hybridized carbons (Fsp3) is 0.647. The molecule has 0 heterocycles. The van der Waals surface area contributed by atoms with Gasteiger partial charge in [-0.15, -0.1) is 0 Å². The summed E-state index contributed by atoms with van der Waals surface area (Å²) in [5.41, 5.74) is 0.932. The van der Waals surface area contributed by atoms with Gasteiger partial charge in [-0.3, -0.25) is 0 Å². The molecule has 112 valence electrons. The first-order chi connectivity index (χ1) is 9.70. The minimum Gasteiger partial charge on any atom is -0.314 e. The summed E-state index contributed by atoms with van der Waals surface area (Å²) in [6.07, 6.45) is 8.75. The van der Waals surface area contributed by atoms with Crippen LogP contribution in [0.3, 0.4) is 0 Å². The molecule has 0 radical (unpaired) electrons. The van der Waals surface area contributed by atoms with Crippen LogP contribution in [-0.2, 0) is 6.42 Å². The molecule has 1 unspecified atom stereocenters. The largest absolute Gasteiger partial charge is 0.314 e. The second kappa shape index (κ2) is 7.99. The quantitative estimate of drug-likeness (QED) is 0.757. The van der Waals surface area contributed by atoms with Crippen molar-refractivity contribution in [2.24, 2.45) is 5.92 Å². The van der Waals surface area contributed by atoms with E-state index in [9.17, 15) is 4.39 Å². The Balaban J connectivity index is 2.09. The Bertz CT molecular complexity index is 413. The van der Waals surface area contributed by atoms with Gasteiger partial charge in [-0.25, -0.2) is 4.39 Å². The summed E-state index contributed by atoms with van der Waals surface area (Å²) in [6, 6.07) is 5.10. The third-order valence-electron chi connectivity index (χ3n) is 4.38. The van der Waals surface area contributed by atoms with E-state index >= 15 is 0 Å². The smallest absolute Gasteiger partial charge is 0.123 e. The van der Waals surface area contributed by atoms with E-state index in [4.69, 9.17) is 11.6 Å². The van der Waals surface area contributed by atoms with Crippen molar-refractivity contribution in [3.05, 3.63) is 34.6 Å². The normalized spacial score (nSPS) is 18.8. The molecule has 0 amide bonds. The highest BCUT2D eigenvalue weighted by Crippen LogP contribution is 2.28. The molecule has 1 aliphatic carbocycles. The third kappa shape index (κ3) is 4.46. The molecule has 1 fully saturated rings. The summed E-state index contributed by atoms with van der Waals surface area (Å²) in [4.78, 5) is 0. The highest BCUT2D eigenvalue weighted by atomic mass is 35.5. The van der Waals surface area contributed by atoms with Crippen LogP contribution >= 0.6 is 11.6 Å². The van der Waals surface area contributed by atoms with Crippen molar-refractivity contribution in [2.45, 2.75) is 57.9 Å². The molecule has 0 aliphatic heterocycles. The summed E-state index contributed by atoms with van der Waals surface area (Å²) < 4.78 is 13.4. The maximum atomic E-state index is 13.4. The van der Waals surface area contributed by atoms with Crippen molar-refractivity contribution in [2.75, 3.05) is 6.54 Å². The molecule has 20 heavy (non-hydrogen) atoms. The molecule has 1 aromatic carbocycles. The van der Waals surface area contributed by atoms with Crippen LogP contribution < -0.4 is 5.32 Å². The molecule has 1 nitrogen and oxygen atoms in total. The maximum absolute atomic E-state index is 13.4. The van der Waals surface area contributed by atoms with E-state index in [-0.39, 0.29) is 5.82 Å². The van der Waals surface area contributed by atoms with Gasteiger partial charge in [0.1, 0.15) is 5.82 Å². The number of hydrogen-bond donors (Lipinski definition) is 1. The molecule has 0 aromatic heterocycles. The van der Waals surface area contributed by atoms with Crippen LogP contribution in [0.5, 0.6) is 0 Å². The fourth-order valence-electron chi connectivity index (χ4n) is 3.32. The summed E-state index contributed by atoms with van der Waals surface area (Å²) in [5, 5.41) is 4.28. The molecule has 0 spiro atoms. The zero-order valence-corrected chi connectivity index (χ0v) is 13.1. The average molecular weight is 298 g/mol. The lowest BCUT2D eigenvalue weighted by molar-refractivity contribution is 0.321. The second-order valence-electron chi connectivity index (χ2n) is 5.86. The van der Waals surface area contributed by atoms with Gasteiger partial charge < -0.3 is 5.32 Å². The Labute approximate surface area is 126 Å². The van der Waals surface area contributed by atoms with Crippen LogP contribution in [0.15, 0.2) is 18.2 Å². The molecule has 0 bridgehead atoms. The van der Waals surface area contributed by atoms with Crippen molar-refractivity contribution in [3.8, 4) is 0 Å². The monoisotopic (exact) mass is 297 g/mol. The Morgan fingerprint density at radius 1 is 1.25 bits per heavy atom. The third-order valence-corrected chi connectivity index (χ3v) is 4.75. The molecule has 1 aromatic rings. The van der Waals surface area contributed by atoms with E-state index in [1.54, 1.807) is 12.1 Å². The maximum Gasteiger partial charge on any atom is 0.123 e. The Kier molecular flexibility index (Phi) is 6.31. The van der Waals surface area contributed by atoms with E-state index < -0.39 is 0 Å². The van der Waals surface area contributed by atoms with Crippen LogP contribution in [0.2, 0.25) is 5.02 Å². The number of hydrogen-bond acceptors (Lipinski definition) is 1. The lowest BCUT2D eigenvalue weighted by Gasteiger charge is -2.27. The zero-order chi connectivity index (χ0) is 14.4. The molecule has 0 saturated heterocycles. The molecule has 1 N–H and O–H groups in total. The lowest BCUT2D eigenvalue weighted by Crippen LogP contribution is -2.38. The molecular weight excluding hydrogens is 273 g/mol. The van der Waals surface area contributed by atoms with E-state index in [0.29, 0.717) is 17.0 Å². The Morgan fingerprint density at radius 3 is 2.60 bits per heavy atom. The lowest BCUT2D eigenvalue weighted by atomic mass is 9.87. The number of rotatable bonds is 5. The molecule has 3 heteroatoms. The van der Waals surface area contributed by atoms with Crippen LogP contribution in [-0.4, -0.2) is 12.6 Å². The number of benzene rings is 1. The summed E-state index contributed by atoms with van der Waals surface area (Å²) >= 11 is 6.22. The standard InChI is InChI=1S/C17H25ClFN/c1-2-20-17(13-7-5-3-4-6-8-13)12-14-11-15(19)9-10-16(14)18/h9-11,13,17,20H,2-8,12H2,1H3. The fourth-order valence-corrected chi connectivity index (χ4v) is 3.51. The van der Waals surface area contributed by atoms with Gasteiger partial charge in [-0.05, 0) is 55.5 Å². The summed E-state index contributed by atoms with van der Waals surface area (Å²) in [5.74, 6) is 0.497. The summed E-state index contributed by atoms with van der Waals surface area (Å²) in [7, 11) is 0. The SMILES string of the molecule is CCNC(Cc1cc(F)ccc1Cl)C1CCCCCC1. The molecule has 1 aliphatic rings. The predicted octanol–water partition coefficient (Wildman–Crippen LogP) is 4.97. The van der Waals surface area contributed by atoms with Gasteiger partial charge in [0, 0.05) is 11.1 Å². The first-order valence-electron chi connectivity index (χ1n) is 7.88. The Hall–Kier alpha value is -0.600. The van der Waals surface area contributed by atoms with Gasteiger partial charge in [0.25, 0.3) is 0 Å². The van der Waals surface area contributed by atoms with Gasteiger partial charge in [0.15, 0.2) is 0 Å². The average Bonchev–Trinajstić information content (AvgIpc) is 2.71. The predicted molar refractivity (Wildman–Crippen MR) is 83.8 cm³/mol. The van der Waals surface area contributed by atoms with Gasteiger partial charge in [-0.2, -0.15) is 0 Å². The van der Waals surface area contributed by atoms with E-state index in [2.05, 4.69) is 12.2 Å². The van der Waals surface area contributed by atoms with Crippen molar-refractivity contribution >= 4 is 11.6 Å². The van der Waals surface area contributed by atoms with Gasteiger partial charge in [0.05, 0.1) is 0 Å². The second-order valence-corrected chi connectivity index (χ2v) is 6.26. The van der Waals surface area contributed by atoms with Gasteiger partial charge in [-0.1, -0.05) is 44.2 Å². The van der Waals surface area contributed by atoms with Crippen LogP contribution in [0, 0.1) is 11.7 Å². The zero-order valence-electron chi connectivity index (χ0n) is 12.3. The highest BCUT2D eigenvalue weighted by molar-refractivity contribution is 6.31. The van der Waals surface area contributed by atoms with Crippen molar-refractivity contribution in [1.82, 2.24) is 5.32 Å². The molecule has 1 atom stereocenters. The Morgan fingerprint density at radius 2 is 1.95 bits per heavy atom. The number of halogens is 2. The highest BCUT2D eigenvalue weighted by Gasteiger charge is 2.23. The van der Waals surface area contributed by atoms with Crippen LogP contribution in [0.4, 0.5) is 4.39 Å². The van der Waals surface area contributed by atoms with Crippen LogP contribution in [0.25, 0.3) is 0 Å². The number of likely N-dealkylation sites (N-methyl/N-ethyl adjacent to an activating group) is 1.